The minimum atomic E-state index is -0.0543. The summed E-state index contributed by atoms with van der Waals surface area (Å²) >= 11 is 0. The highest BCUT2D eigenvalue weighted by atomic mass is 16.1. The van der Waals surface area contributed by atoms with Crippen molar-refractivity contribution < 1.29 is 4.79 Å². The second kappa shape index (κ2) is 4.41. The quantitative estimate of drug-likeness (QED) is 0.646. The van der Waals surface area contributed by atoms with Gasteiger partial charge in [0.2, 0.25) is 0 Å². The van der Waals surface area contributed by atoms with Crippen LogP contribution in [-0.2, 0) is 6.54 Å². The SMILES string of the molecule is O=C(NCc1cc[nH]c1)c1cccc2[nH]ccc12. The van der Waals surface area contributed by atoms with Gasteiger partial charge >= 0.3 is 0 Å². The van der Waals surface area contributed by atoms with Crippen LogP contribution in [0.4, 0.5) is 0 Å². The number of aromatic nitrogens is 2. The summed E-state index contributed by atoms with van der Waals surface area (Å²) in [5.41, 5.74) is 2.73. The first-order valence-electron chi connectivity index (χ1n) is 5.80. The summed E-state index contributed by atoms with van der Waals surface area (Å²) in [4.78, 5) is 18.2. The molecule has 18 heavy (non-hydrogen) atoms. The fourth-order valence-corrected chi connectivity index (χ4v) is 2.03. The molecule has 0 aliphatic rings. The third kappa shape index (κ3) is 1.88. The van der Waals surface area contributed by atoms with E-state index in [-0.39, 0.29) is 5.91 Å². The first-order chi connectivity index (χ1) is 8.84. The smallest absolute Gasteiger partial charge is 0.252 e. The van der Waals surface area contributed by atoms with Gasteiger partial charge in [-0.05, 0) is 29.8 Å². The number of hydrogen-bond acceptors (Lipinski definition) is 1. The van der Waals surface area contributed by atoms with E-state index in [1.54, 1.807) is 0 Å². The molecule has 0 radical (unpaired) electrons. The highest BCUT2D eigenvalue weighted by Gasteiger charge is 2.09. The molecule has 0 fully saturated rings. The van der Waals surface area contributed by atoms with Gasteiger partial charge in [-0.15, -0.1) is 0 Å². The molecule has 0 aliphatic heterocycles. The van der Waals surface area contributed by atoms with Crippen LogP contribution in [0.25, 0.3) is 10.9 Å². The van der Waals surface area contributed by atoms with Gasteiger partial charge in [0.05, 0.1) is 0 Å². The van der Waals surface area contributed by atoms with Crippen molar-refractivity contribution >= 4 is 16.8 Å². The zero-order chi connectivity index (χ0) is 12.4. The summed E-state index contributed by atoms with van der Waals surface area (Å²) in [6.45, 7) is 0.531. The normalized spacial score (nSPS) is 10.7. The Morgan fingerprint density at radius 2 is 2.11 bits per heavy atom. The number of rotatable bonds is 3. The van der Waals surface area contributed by atoms with E-state index in [0.717, 1.165) is 16.5 Å². The molecule has 4 heteroatoms. The standard InChI is InChI=1S/C14H13N3O/c18-14(17-9-10-4-6-15-8-10)12-2-1-3-13-11(12)5-7-16-13/h1-8,15-16H,9H2,(H,17,18). The zero-order valence-electron chi connectivity index (χ0n) is 9.73. The van der Waals surface area contributed by atoms with Crippen LogP contribution in [-0.4, -0.2) is 15.9 Å². The van der Waals surface area contributed by atoms with E-state index in [2.05, 4.69) is 15.3 Å². The molecule has 4 nitrogen and oxygen atoms in total. The molecule has 3 aromatic rings. The van der Waals surface area contributed by atoms with E-state index in [0.29, 0.717) is 12.1 Å². The van der Waals surface area contributed by atoms with Crippen LogP contribution in [0.3, 0.4) is 0 Å². The lowest BCUT2D eigenvalue weighted by Gasteiger charge is -2.05. The van der Waals surface area contributed by atoms with E-state index in [9.17, 15) is 4.79 Å². The largest absolute Gasteiger partial charge is 0.367 e. The molecular weight excluding hydrogens is 226 g/mol. The Hall–Kier alpha value is -2.49. The molecule has 1 amide bonds. The average Bonchev–Trinajstić information content (AvgIpc) is 3.05. The second-order valence-corrected chi connectivity index (χ2v) is 4.15. The number of H-pyrrole nitrogens is 2. The number of carbonyl (C=O) groups excluding carboxylic acids is 1. The van der Waals surface area contributed by atoms with E-state index in [1.165, 1.54) is 0 Å². The van der Waals surface area contributed by atoms with Crippen LogP contribution in [0.1, 0.15) is 15.9 Å². The van der Waals surface area contributed by atoms with Crippen molar-refractivity contribution in [3.63, 3.8) is 0 Å². The van der Waals surface area contributed by atoms with Crippen LogP contribution in [0, 0.1) is 0 Å². The molecule has 0 spiro atoms. The third-order valence-corrected chi connectivity index (χ3v) is 2.96. The van der Waals surface area contributed by atoms with E-state index in [1.807, 2.05) is 48.9 Å². The van der Waals surface area contributed by atoms with Crippen LogP contribution >= 0.6 is 0 Å². The minimum absolute atomic E-state index is 0.0543. The highest BCUT2D eigenvalue weighted by Crippen LogP contribution is 2.17. The van der Waals surface area contributed by atoms with Crippen LogP contribution in [0.15, 0.2) is 48.9 Å². The Kier molecular flexibility index (Phi) is 2.61. The summed E-state index contributed by atoms with van der Waals surface area (Å²) in [6.07, 6.45) is 5.55. The topological polar surface area (TPSA) is 60.7 Å². The van der Waals surface area contributed by atoms with Crippen molar-refractivity contribution in [3.05, 3.63) is 60.0 Å². The number of fused-ring (bicyclic) bond motifs is 1. The summed E-state index contributed by atoms with van der Waals surface area (Å²) in [7, 11) is 0. The molecule has 3 N–H and O–H groups in total. The molecule has 3 rings (SSSR count). The molecule has 1 aromatic carbocycles. The van der Waals surface area contributed by atoms with Gasteiger partial charge in [0.1, 0.15) is 0 Å². The Bertz CT molecular complexity index is 667. The Morgan fingerprint density at radius 3 is 2.94 bits per heavy atom. The molecule has 0 saturated heterocycles. The van der Waals surface area contributed by atoms with Gasteiger partial charge in [0.15, 0.2) is 0 Å². The second-order valence-electron chi connectivity index (χ2n) is 4.15. The number of carbonyl (C=O) groups is 1. The molecule has 0 atom stereocenters. The van der Waals surface area contributed by atoms with Gasteiger partial charge < -0.3 is 15.3 Å². The maximum absolute atomic E-state index is 12.1. The van der Waals surface area contributed by atoms with Crippen molar-refractivity contribution in [2.75, 3.05) is 0 Å². The molecule has 0 bridgehead atoms. The third-order valence-electron chi connectivity index (χ3n) is 2.96. The molecule has 2 heterocycles. The first-order valence-corrected chi connectivity index (χ1v) is 5.80. The molecule has 0 unspecified atom stereocenters. The minimum Gasteiger partial charge on any atom is -0.367 e. The van der Waals surface area contributed by atoms with Gasteiger partial charge in [0, 0.05) is 41.6 Å². The van der Waals surface area contributed by atoms with Crippen molar-refractivity contribution in [3.8, 4) is 0 Å². The Labute approximate surface area is 104 Å². The average molecular weight is 239 g/mol. The van der Waals surface area contributed by atoms with Crippen molar-refractivity contribution in [2.24, 2.45) is 0 Å². The summed E-state index contributed by atoms with van der Waals surface area (Å²) in [6, 6.07) is 9.53. The molecule has 2 aromatic heterocycles. The van der Waals surface area contributed by atoms with E-state index >= 15 is 0 Å². The van der Waals surface area contributed by atoms with Crippen molar-refractivity contribution in [1.82, 2.24) is 15.3 Å². The lowest BCUT2D eigenvalue weighted by molar-refractivity contribution is 0.0952. The number of nitrogens with one attached hydrogen (secondary N) is 3. The fraction of sp³-hybridized carbons (Fsp3) is 0.0714. The maximum atomic E-state index is 12.1. The summed E-state index contributed by atoms with van der Waals surface area (Å²) in [5.74, 6) is -0.0543. The van der Waals surface area contributed by atoms with Gasteiger partial charge in [-0.25, -0.2) is 0 Å². The first kappa shape index (κ1) is 10.7. The fourth-order valence-electron chi connectivity index (χ4n) is 2.03. The van der Waals surface area contributed by atoms with Crippen LogP contribution in [0.5, 0.6) is 0 Å². The number of amides is 1. The molecule has 0 saturated carbocycles. The maximum Gasteiger partial charge on any atom is 0.252 e. The van der Waals surface area contributed by atoms with Gasteiger partial charge in [-0.3, -0.25) is 4.79 Å². The van der Waals surface area contributed by atoms with E-state index < -0.39 is 0 Å². The van der Waals surface area contributed by atoms with Gasteiger partial charge in [-0.2, -0.15) is 0 Å². The summed E-state index contributed by atoms with van der Waals surface area (Å²) < 4.78 is 0. The van der Waals surface area contributed by atoms with Crippen molar-refractivity contribution in [2.45, 2.75) is 6.54 Å². The lowest BCUT2D eigenvalue weighted by atomic mass is 10.1. The number of benzene rings is 1. The van der Waals surface area contributed by atoms with Gasteiger partial charge in [0.25, 0.3) is 5.91 Å². The van der Waals surface area contributed by atoms with Crippen LogP contribution in [0.2, 0.25) is 0 Å². The summed E-state index contributed by atoms with van der Waals surface area (Å²) in [5, 5.41) is 3.86. The van der Waals surface area contributed by atoms with Gasteiger partial charge in [-0.1, -0.05) is 6.07 Å². The highest BCUT2D eigenvalue weighted by molar-refractivity contribution is 6.06. The predicted molar refractivity (Wildman–Crippen MR) is 70.3 cm³/mol. The lowest BCUT2D eigenvalue weighted by Crippen LogP contribution is -2.22. The van der Waals surface area contributed by atoms with Crippen molar-refractivity contribution in [1.29, 1.82) is 0 Å². The van der Waals surface area contributed by atoms with E-state index in [4.69, 9.17) is 0 Å². The monoisotopic (exact) mass is 239 g/mol. The number of aromatic amines is 2. The number of hydrogen-bond donors (Lipinski definition) is 3. The van der Waals surface area contributed by atoms with Crippen LogP contribution < -0.4 is 5.32 Å². The molecular formula is C14H13N3O. The zero-order valence-corrected chi connectivity index (χ0v) is 9.73. The Morgan fingerprint density at radius 1 is 1.17 bits per heavy atom. The predicted octanol–water partition coefficient (Wildman–Crippen LogP) is 2.43. The molecule has 0 aliphatic carbocycles. The molecule has 90 valence electrons. The Balaban J connectivity index is 1.81.